The predicted molar refractivity (Wildman–Crippen MR) is 108 cm³/mol. The van der Waals surface area contributed by atoms with Crippen molar-refractivity contribution in [3.05, 3.63) is 30.3 Å². The lowest BCUT2D eigenvalue weighted by Gasteiger charge is -2.42. The molecule has 3 heterocycles. The van der Waals surface area contributed by atoms with Crippen LogP contribution in [0.25, 0.3) is 0 Å². The van der Waals surface area contributed by atoms with Crippen LogP contribution in [0.4, 0.5) is 5.69 Å². The van der Waals surface area contributed by atoms with Gasteiger partial charge in [0.15, 0.2) is 0 Å². The minimum atomic E-state index is 0.119. The number of hydrogen-bond donors (Lipinski definition) is 0. The van der Waals surface area contributed by atoms with Gasteiger partial charge in [-0.1, -0.05) is 18.2 Å². The van der Waals surface area contributed by atoms with Crippen LogP contribution in [-0.2, 0) is 14.3 Å². The number of ether oxygens (including phenoxy) is 1. The fourth-order valence-corrected chi connectivity index (χ4v) is 5.37. The molecule has 0 unspecified atom stereocenters. The monoisotopic (exact) mass is 385 g/mol. The van der Waals surface area contributed by atoms with Gasteiger partial charge in [-0.2, -0.15) is 0 Å². The summed E-state index contributed by atoms with van der Waals surface area (Å²) in [6.45, 7) is 8.77. The molecule has 1 aromatic rings. The van der Waals surface area contributed by atoms with Crippen molar-refractivity contribution < 1.29 is 14.3 Å². The number of fused-ring (bicyclic) bond motifs is 2. The second kappa shape index (κ2) is 7.74. The van der Waals surface area contributed by atoms with Gasteiger partial charge in [-0.15, -0.1) is 0 Å². The van der Waals surface area contributed by atoms with E-state index in [0.29, 0.717) is 19.1 Å². The zero-order valence-corrected chi connectivity index (χ0v) is 17.0. The lowest BCUT2D eigenvalue weighted by Crippen LogP contribution is -2.49. The van der Waals surface area contributed by atoms with Crippen LogP contribution in [0.3, 0.4) is 0 Å². The van der Waals surface area contributed by atoms with Gasteiger partial charge in [0.1, 0.15) is 0 Å². The number of anilines is 1. The highest BCUT2D eigenvalue weighted by molar-refractivity contribution is 5.81. The van der Waals surface area contributed by atoms with Crippen molar-refractivity contribution in [3.63, 3.8) is 0 Å². The number of nitrogens with zero attached hydrogens (tertiary/aromatic N) is 3. The summed E-state index contributed by atoms with van der Waals surface area (Å²) in [6, 6.07) is 10.3. The smallest absolute Gasteiger partial charge is 0.242 e. The predicted octanol–water partition coefficient (Wildman–Crippen LogP) is 2.00. The molecule has 6 nitrogen and oxygen atoms in total. The largest absolute Gasteiger partial charge is 0.379 e. The van der Waals surface area contributed by atoms with Crippen LogP contribution in [0.5, 0.6) is 0 Å². The number of likely N-dealkylation sites (N-methyl/N-ethyl adjacent to an activating group) is 1. The maximum atomic E-state index is 12.9. The summed E-state index contributed by atoms with van der Waals surface area (Å²) in [5.74, 6) is 0.767. The van der Waals surface area contributed by atoms with Crippen molar-refractivity contribution in [2.45, 2.75) is 32.7 Å². The molecule has 0 bridgehead atoms. The molecule has 0 saturated carbocycles. The molecule has 0 radical (unpaired) electrons. The quantitative estimate of drug-likeness (QED) is 0.796. The van der Waals surface area contributed by atoms with E-state index in [1.165, 1.54) is 0 Å². The second-order valence-corrected chi connectivity index (χ2v) is 8.45. The van der Waals surface area contributed by atoms with Gasteiger partial charge in [-0.25, -0.2) is 0 Å². The van der Waals surface area contributed by atoms with Gasteiger partial charge in [-0.3, -0.25) is 9.59 Å². The minimum Gasteiger partial charge on any atom is -0.379 e. The Hall–Kier alpha value is -2.08. The molecule has 6 heteroatoms. The molecule has 0 aromatic heterocycles. The number of carbonyl (C=O) groups is 2. The number of likely N-dealkylation sites (tertiary alicyclic amines) is 2. The zero-order chi connectivity index (χ0) is 19.7. The number of amides is 2. The number of carbonyl (C=O) groups excluding carboxylic acids is 2. The summed E-state index contributed by atoms with van der Waals surface area (Å²) in [5, 5.41) is 0. The van der Waals surface area contributed by atoms with E-state index in [1.54, 1.807) is 6.92 Å². The van der Waals surface area contributed by atoms with Gasteiger partial charge in [0, 0.05) is 44.7 Å². The van der Waals surface area contributed by atoms with E-state index in [1.807, 2.05) is 28.0 Å². The third-order valence-corrected chi connectivity index (χ3v) is 7.07. The van der Waals surface area contributed by atoms with Gasteiger partial charge in [0.25, 0.3) is 0 Å². The third kappa shape index (κ3) is 3.39. The Morgan fingerprint density at radius 2 is 1.89 bits per heavy atom. The third-order valence-electron chi connectivity index (χ3n) is 7.07. The van der Waals surface area contributed by atoms with Gasteiger partial charge < -0.3 is 19.4 Å². The summed E-state index contributed by atoms with van der Waals surface area (Å²) in [5.41, 5.74) is 1.21. The van der Waals surface area contributed by atoms with Gasteiger partial charge >= 0.3 is 0 Å². The van der Waals surface area contributed by atoms with Crippen molar-refractivity contribution in [1.29, 1.82) is 0 Å². The van der Waals surface area contributed by atoms with Crippen molar-refractivity contribution in [1.82, 2.24) is 9.80 Å². The summed E-state index contributed by atoms with van der Waals surface area (Å²) >= 11 is 0. The Balaban J connectivity index is 1.39. The molecule has 2 amide bonds. The van der Waals surface area contributed by atoms with E-state index in [4.69, 9.17) is 4.74 Å². The van der Waals surface area contributed by atoms with Gasteiger partial charge in [0.2, 0.25) is 11.8 Å². The van der Waals surface area contributed by atoms with E-state index in [0.717, 1.165) is 51.3 Å². The highest BCUT2D eigenvalue weighted by Crippen LogP contribution is 2.50. The van der Waals surface area contributed by atoms with Crippen LogP contribution in [0.2, 0.25) is 0 Å². The topological polar surface area (TPSA) is 53.1 Å². The fourth-order valence-electron chi connectivity index (χ4n) is 5.37. The molecular formula is C22H31N3O3. The van der Waals surface area contributed by atoms with Crippen molar-refractivity contribution in [3.8, 4) is 0 Å². The maximum Gasteiger partial charge on any atom is 0.242 e. The average molecular weight is 386 g/mol. The summed E-state index contributed by atoms with van der Waals surface area (Å²) in [7, 11) is 0. The molecule has 4 rings (SSSR count). The van der Waals surface area contributed by atoms with Crippen LogP contribution in [-0.4, -0.2) is 73.6 Å². The molecule has 3 aliphatic heterocycles. The molecule has 0 aliphatic carbocycles. The van der Waals surface area contributed by atoms with Crippen molar-refractivity contribution in [2.75, 3.05) is 50.8 Å². The van der Waals surface area contributed by atoms with Gasteiger partial charge in [-0.05, 0) is 37.3 Å². The average Bonchev–Trinajstić information content (AvgIpc) is 3.31. The Labute approximate surface area is 167 Å². The lowest BCUT2D eigenvalue weighted by atomic mass is 9.70. The van der Waals surface area contributed by atoms with E-state index in [2.05, 4.69) is 24.0 Å². The van der Waals surface area contributed by atoms with Crippen LogP contribution >= 0.6 is 0 Å². The number of para-hydroxylation sites is 1. The lowest BCUT2D eigenvalue weighted by molar-refractivity contribution is -0.134. The van der Waals surface area contributed by atoms with Crippen molar-refractivity contribution in [2.24, 2.45) is 11.3 Å². The minimum absolute atomic E-state index is 0.119. The fraction of sp³-hybridized carbons (Fsp3) is 0.636. The molecule has 28 heavy (non-hydrogen) atoms. The molecule has 3 aliphatic rings. The first-order valence-electron chi connectivity index (χ1n) is 10.5. The number of hydrogen-bond acceptors (Lipinski definition) is 4. The molecule has 0 N–H and O–H groups in total. The van der Waals surface area contributed by atoms with Crippen LogP contribution in [0, 0.1) is 11.3 Å². The van der Waals surface area contributed by atoms with Crippen LogP contribution in [0.15, 0.2) is 30.3 Å². The first-order chi connectivity index (χ1) is 13.5. The molecule has 1 spiro atoms. The summed E-state index contributed by atoms with van der Waals surface area (Å²) in [6.07, 6.45) is 1.93. The Bertz CT molecular complexity index is 715. The molecule has 2 atom stereocenters. The summed E-state index contributed by atoms with van der Waals surface area (Å²) < 4.78 is 5.73. The molecular weight excluding hydrogens is 354 g/mol. The normalized spacial score (nSPS) is 25.8. The Morgan fingerprint density at radius 3 is 2.54 bits per heavy atom. The molecule has 3 saturated heterocycles. The second-order valence-electron chi connectivity index (χ2n) is 8.45. The zero-order valence-electron chi connectivity index (χ0n) is 17.0. The number of rotatable bonds is 4. The van der Waals surface area contributed by atoms with E-state index >= 15 is 0 Å². The van der Waals surface area contributed by atoms with Crippen molar-refractivity contribution >= 4 is 17.5 Å². The highest BCUT2D eigenvalue weighted by atomic mass is 16.5. The van der Waals surface area contributed by atoms with E-state index in [9.17, 15) is 9.59 Å². The molecule has 1 aromatic carbocycles. The number of piperidine rings is 1. The van der Waals surface area contributed by atoms with Gasteiger partial charge in [0.05, 0.1) is 25.8 Å². The van der Waals surface area contributed by atoms with Crippen LogP contribution < -0.4 is 4.90 Å². The maximum absolute atomic E-state index is 12.9. The van der Waals surface area contributed by atoms with E-state index in [-0.39, 0.29) is 23.3 Å². The first kappa shape index (κ1) is 19.2. The molecule has 3 fully saturated rings. The highest BCUT2D eigenvalue weighted by Gasteiger charge is 2.56. The summed E-state index contributed by atoms with van der Waals surface area (Å²) in [4.78, 5) is 31.2. The standard InChI is InChI=1S/C22H31N3O3/c1-3-23(18-7-5-4-6-8-18)13-21(27)24-11-9-22(10-12-24)16-25(17(2)26)20-15-28-14-19(20)22/h4-8,19-20H,3,9-16H2,1-2H3/t19-,20+/m0/s1. The number of benzene rings is 1. The molecule has 152 valence electrons. The SMILES string of the molecule is CCN(CC(=O)N1CCC2(CC1)CN(C(C)=O)[C@@H]1COC[C@@H]12)c1ccccc1. The Morgan fingerprint density at radius 1 is 1.18 bits per heavy atom. The van der Waals surface area contributed by atoms with Crippen LogP contribution in [0.1, 0.15) is 26.7 Å². The Kier molecular flexibility index (Phi) is 5.32. The van der Waals surface area contributed by atoms with E-state index < -0.39 is 0 Å². The first-order valence-corrected chi connectivity index (χ1v) is 10.5.